The minimum absolute atomic E-state index is 0.0515. The van der Waals surface area contributed by atoms with Gasteiger partial charge in [0.25, 0.3) is 5.56 Å². The molecule has 140 valence electrons. The van der Waals surface area contributed by atoms with Crippen molar-refractivity contribution in [2.24, 2.45) is 0 Å². The molecule has 3 N–H and O–H groups in total. The fraction of sp³-hybridized carbons (Fsp3) is 0.471. The van der Waals surface area contributed by atoms with Gasteiger partial charge in [0, 0.05) is 42.7 Å². The second-order valence-electron chi connectivity index (χ2n) is 5.91. The Morgan fingerprint density at radius 3 is 2.65 bits per heavy atom. The van der Waals surface area contributed by atoms with Gasteiger partial charge in [-0.15, -0.1) is 0 Å². The third-order valence-corrected chi connectivity index (χ3v) is 3.77. The Morgan fingerprint density at radius 2 is 1.92 bits per heavy atom. The zero-order valence-electron chi connectivity index (χ0n) is 15.6. The van der Waals surface area contributed by atoms with Crippen molar-refractivity contribution in [2.75, 3.05) is 30.3 Å². The van der Waals surface area contributed by atoms with Crippen molar-refractivity contribution in [1.29, 1.82) is 0 Å². The summed E-state index contributed by atoms with van der Waals surface area (Å²) < 4.78 is 1.31. The van der Waals surface area contributed by atoms with E-state index in [9.17, 15) is 9.59 Å². The molecule has 0 radical (unpaired) electrons. The van der Waals surface area contributed by atoms with Crippen molar-refractivity contribution < 1.29 is 4.79 Å². The van der Waals surface area contributed by atoms with Gasteiger partial charge in [-0.3, -0.25) is 14.2 Å². The van der Waals surface area contributed by atoms with Crippen molar-refractivity contribution in [3.63, 3.8) is 0 Å². The fourth-order valence-corrected chi connectivity index (χ4v) is 2.29. The minimum atomic E-state index is -0.244. The summed E-state index contributed by atoms with van der Waals surface area (Å²) in [6, 6.07) is 1.84. The van der Waals surface area contributed by atoms with Crippen LogP contribution in [0.3, 0.4) is 0 Å². The Balaban J connectivity index is 1.82. The van der Waals surface area contributed by atoms with Gasteiger partial charge in [0.1, 0.15) is 12.4 Å². The maximum Gasteiger partial charge on any atom is 0.256 e. The van der Waals surface area contributed by atoms with Crippen LogP contribution in [-0.4, -0.2) is 45.1 Å². The number of aromatic nitrogens is 4. The molecule has 0 saturated carbocycles. The van der Waals surface area contributed by atoms with Crippen molar-refractivity contribution in [3.8, 4) is 0 Å². The van der Waals surface area contributed by atoms with Gasteiger partial charge in [0.05, 0.1) is 6.33 Å². The lowest BCUT2D eigenvalue weighted by atomic mass is 10.3. The normalized spacial score (nSPS) is 10.5. The van der Waals surface area contributed by atoms with E-state index in [1.54, 1.807) is 13.8 Å². The summed E-state index contributed by atoms with van der Waals surface area (Å²) in [5.74, 6) is 1.02. The highest BCUT2D eigenvalue weighted by atomic mass is 16.2. The summed E-state index contributed by atoms with van der Waals surface area (Å²) in [4.78, 5) is 36.8. The number of aryl methyl sites for hydroxylation is 2. The first-order valence-electron chi connectivity index (χ1n) is 8.53. The molecule has 0 saturated heterocycles. The van der Waals surface area contributed by atoms with E-state index in [2.05, 4.69) is 30.9 Å². The van der Waals surface area contributed by atoms with Crippen LogP contribution in [-0.2, 0) is 11.3 Å². The minimum Gasteiger partial charge on any atom is -0.368 e. The van der Waals surface area contributed by atoms with Crippen LogP contribution in [0.5, 0.6) is 0 Å². The lowest BCUT2D eigenvalue weighted by Crippen LogP contribution is -2.35. The van der Waals surface area contributed by atoms with E-state index < -0.39 is 0 Å². The number of hydrogen-bond donors (Lipinski definition) is 3. The smallest absolute Gasteiger partial charge is 0.256 e. The molecule has 2 rings (SSSR count). The molecule has 0 aromatic carbocycles. The molecule has 0 aliphatic rings. The van der Waals surface area contributed by atoms with Crippen molar-refractivity contribution in [2.45, 2.75) is 34.2 Å². The molecule has 0 spiro atoms. The van der Waals surface area contributed by atoms with Crippen LogP contribution in [0.2, 0.25) is 0 Å². The molecule has 0 atom stereocenters. The van der Waals surface area contributed by atoms with Gasteiger partial charge in [-0.25, -0.2) is 9.97 Å². The molecule has 26 heavy (non-hydrogen) atoms. The highest BCUT2D eigenvalue weighted by Gasteiger charge is 2.08. The van der Waals surface area contributed by atoms with E-state index in [1.165, 1.54) is 10.9 Å². The first-order chi connectivity index (χ1) is 12.4. The van der Waals surface area contributed by atoms with E-state index in [0.29, 0.717) is 36.1 Å². The van der Waals surface area contributed by atoms with Gasteiger partial charge in [-0.05, 0) is 27.7 Å². The molecule has 9 heteroatoms. The summed E-state index contributed by atoms with van der Waals surface area (Å²) in [7, 11) is 0. The maximum atomic E-state index is 12.1. The molecule has 2 aromatic heterocycles. The predicted molar refractivity (Wildman–Crippen MR) is 100 cm³/mol. The number of nitrogens with zero attached hydrogens (tertiary/aromatic N) is 4. The van der Waals surface area contributed by atoms with Crippen molar-refractivity contribution in [1.82, 2.24) is 24.8 Å². The number of carbonyl (C=O) groups is 1. The standard InChI is InChI=1S/C17H25N7O2/c1-5-18-17-22-11(2)8-14(23-17)19-6-7-20-15(25)9-24-10-21-13(4)12(3)16(24)26/h8,10H,5-7,9H2,1-4H3,(H,20,25)(H2,18,19,22,23). The fourth-order valence-electron chi connectivity index (χ4n) is 2.29. The average molecular weight is 359 g/mol. The summed E-state index contributed by atoms with van der Waals surface area (Å²) in [5.41, 5.74) is 1.88. The highest BCUT2D eigenvalue weighted by molar-refractivity contribution is 5.75. The first kappa shape index (κ1) is 19.4. The molecule has 0 fully saturated rings. The van der Waals surface area contributed by atoms with E-state index in [4.69, 9.17) is 0 Å². The Morgan fingerprint density at radius 1 is 1.15 bits per heavy atom. The molecule has 0 unspecified atom stereocenters. The molecule has 9 nitrogen and oxygen atoms in total. The SMILES string of the molecule is CCNc1nc(C)cc(NCCNC(=O)Cn2cnc(C)c(C)c2=O)n1. The Bertz CT molecular complexity index is 832. The van der Waals surface area contributed by atoms with Crippen LogP contribution < -0.4 is 21.5 Å². The highest BCUT2D eigenvalue weighted by Crippen LogP contribution is 2.08. The predicted octanol–water partition coefficient (Wildman–Crippen LogP) is 0.619. The van der Waals surface area contributed by atoms with Crippen molar-refractivity contribution in [3.05, 3.63) is 39.7 Å². The number of nitrogens with one attached hydrogen (secondary N) is 3. The zero-order chi connectivity index (χ0) is 19.1. The van der Waals surface area contributed by atoms with Crippen LogP contribution in [0, 0.1) is 20.8 Å². The van der Waals surface area contributed by atoms with Crippen LogP contribution in [0.1, 0.15) is 23.9 Å². The van der Waals surface area contributed by atoms with E-state index in [0.717, 1.165) is 12.2 Å². The Kier molecular flexibility index (Phi) is 6.65. The van der Waals surface area contributed by atoms with Gasteiger partial charge in [-0.1, -0.05) is 0 Å². The second-order valence-corrected chi connectivity index (χ2v) is 5.91. The third kappa shape index (κ3) is 5.27. The van der Waals surface area contributed by atoms with E-state index in [1.807, 2.05) is 19.9 Å². The maximum absolute atomic E-state index is 12.1. The second kappa shape index (κ2) is 8.93. The van der Waals surface area contributed by atoms with Crippen LogP contribution >= 0.6 is 0 Å². The zero-order valence-corrected chi connectivity index (χ0v) is 15.6. The van der Waals surface area contributed by atoms with Gasteiger partial charge in [-0.2, -0.15) is 4.98 Å². The lowest BCUT2D eigenvalue weighted by Gasteiger charge is -2.11. The molecular weight excluding hydrogens is 334 g/mol. The van der Waals surface area contributed by atoms with E-state index >= 15 is 0 Å². The van der Waals surface area contributed by atoms with Crippen LogP contribution in [0.25, 0.3) is 0 Å². The molecule has 2 aromatic rings. The number of anilines is 2. The summed E-state index contributed by atoms with van der Waals surface area (Å²) in [5, 5.41) is 8.98. The monoisotopic (exact) mass is 359 g/mol. The molecular formula is C17H25N7O2. The number of rotatable bonds is 8. The van der Waals surface area contributed by atoms with Gasteiger partial charge >= 0.3 is 0 Å². The quantitative estimate of drug-likeness (QED) is 0.592. The van der Waals surface area contributed by atoms with Crippen molar-refractivity contribution >= 4 is 17.7 Å². The molecule has 0 bridgehead atoms. The van der Waals surface area contributed by atoms with Gasteiger partial charge in [0.15, 0.2) is 0 Å². The lowest BCUT2D eigenvalue weighted by molar-refractivity contribution is -0.121. The van der Waals surface area contributed by atoms with Crippen LogP contribution in [0.4, 0.5) is 11.8 Å². The number of amides is 1. The van der Waals surface area contributed by atoms with Crippen LogP contribution in [0.15, 0.2) is 17.2 Å². The molecule has 2 heterocycles. The van der Waals surface area contributed by atoms with E-state index in [-0.39, 0.29) is 18.0 Å². The number of hydrogen-bond acceptors (Lipinski definition) is 7. The third-order valence-electron chi connectivity index (χ3n) is 3.77. The average Bonchev–Trinajstić information content (AvgIpc) is 2.59. The topological polar surface area (TPSA) is 114 Å². The summed E-state index contributed by atoms with van der Waals surface area (Å²) in [6.07, 6.45) is 1.40. The number of carbonyl (C=O) groups excluding carboxylic acids is 1. The van der Waals surface area contributed by atoms with Gasteiger partial charge in [0.2, 0.25) is 11.9 Å². The summed E-state index contributed by atoms with van der Waals surface area (Å²) in [6.45, 7) is 8.95. The molecule has 1 amide bonds. The Hall–Kier alpha value is -2.97. The largest absolute Gasteiger partial charge is 0.368 e. The molecule has 0 aliphatic carbocycles. The Labute approximate surface area is 152 Å². The first-order valence-corrected chi connectivity index (χ1v) is 8.53. The summed E-state index contributed by atoms with van der Waals surface area (Å²) >= 11 is 0. The van der Waals surface area contributed by atoms with Gasteiger partial charge < -0.3 is 16.0 Å². The molecule has 0 aliphatic heterocycles.